The quantitative estimate of drug-likeness (QED) is 0.627. The molecule has 0 aliphatic heterocycles. The first-order valence-corrected chi connectivity index (χ1v) is 5.20. The Kier molecular flexibility index (Phi) is 4.59. The average Bonchev–Trinajstić information content (AvgIpc) is 2.24. The molecule has 1 aromatic rings. The van der Waals surface area contributed by atoms with Crippen molar-refractivity contribution in [2.45, 2.75) is 13.1 Å². The van der Waals surface area contributed by atoms with E-state index < -0.39 is 11.7 Å². The van der Waals surface area contributed by atoms with Crippen LogP contribution in [-0.2, 0) is 11.0 Å². The van der Waals surface area contributed by atoms with E-state index >= 15 is 0 Å². The smallest absolute Gasteiger partial charge is 0.395 e. The fourth-order valence-corrected chi connectivity index (χ4v) is 1.41. The number of nitrogens with zero attached hydrogens (tertiary/aromatic N) is 2. The van der Waals surface area contributed by atoms with Crippen molar-refractivity contribution in [3.8, 4) is 0 Å². The number of pyridine rings is 1. The molecule has 8 heteroatoms. The first-order chi connectivity index (χ1) is 7.86. The Bertz CT molecular complexity index is 435. The van der Waals surface area contributed by atoms with Crippen LogP contribution >= 0.6 is 23.2 Å². The van der Waals surface area contributed by atoms with Crippen molar-refractivity contribution in [2.24, 2.45) is 5.16 Å². The van der Waals surface area contributed by atoms with Crippen LogP contribution in [0.3, 0.4) is 0 Å². The predicted octanol–water partition coefficient (Wildman–Crippen LogP) is 3.69. The number of halogens is 5. The third-order valence-electron chi connectivity index (χ3n) is 1.64. The molecular formula is C9H7Cl2F3N2O. The zero-order valence-electron chi connectivity index (χ0n) is 8.55. The number of aromatic nitrogens is 1. The summed E-state index contributed by atoms with van der Waals surface area (Å²) in [6, 6.07) is 0.730. The molecule has 0 fully saturated rings. The molecular weight excluding hydrogens is 280 g/mol. The molecule has 17 heavy (non-hydrogen) atoms. The van der Waals surface area contributed by atoms with Gasteiger partial charge in [0.2, 0.25) is 0 Å². The molecule has 0 radical (unpaired) electrons. The van der Waals surface area contributed by atoms with Gasteiger partial charge in [-0.1, -0.05) is 28.4 Å². The maximum atomic E-state index is 12.3. The molecule has 0 bridgehead atoms. The standard InChI is InChI=1S/C9H7Cl2F3N2O/c1-2-17-16-8(11)7-6(10)3-5(4-15-7)9(12,13)14/h3-4H,2H2,1H3/b16-8-. The molecule has 0 N–H and O–H groups in total. The molecule has 0 unspecified atom stereocenters. The minimum Gasteiger partial charge on any atom is -0.395 e. The fraction of sp³-hybridized carbons (Fsp3) is 0.333. The molecule has 0 saturated heterocycles. The van der Waals surface area contributed by atoms with Crippen LogP contribution in [0.1, 0.15) is 18.2 Å². The van der Waals surface area contributed by atoms with Crippen molar-refractivity contribution in [1.29, 1.82) is 0 Å². The third kappa shape index (κ3) is 3.74. The Morgan fingerprint density at radius 1 is 1.53 bits per heavy atom. The van der Waals surface area contributed by atoms with E-state index in [0.29, 0.717) is 6.20 Å². The lowest BCUT2D eigenvalue weighted by molar-refractivity contribution is -0.137. The Hall–Kier alpha value is -1.01. The fourth-order valence-electron chi connectivity index (χ4n) is 0.909. The van der Waals surface area contributed by atoms with E-state index in [1.54, 1.807) is 6.92 Å². The van der Waals surface area contributed by atoms with Crippen molar-refractivity contribution in [3.63, 3.8) is 0 Å². The second kappa shape index (κ2) is 5.55. The lowest BCUT2D eigenvalue weighted by Gasteiger charge is -2.07. The summed E-state index contributed by atoms with van der Waals surface area (Å²) in [5.41, 5.74) is -1.01. The number of oxime groups is 1. The molecule has 3 nitrogen and oxygen atoms in total. The zero-order valence-corrected chi connectivity index (χ0v) is 10.1. The van der Waals surface area contributed by atoms with Gasteiger partial charge >= 0.3 is 6.18 Å². The lowest BCUT2D eigenvalue weighted by Crippen LogP contribution is -2.08. The lowest BCUT2D eigenvalue weighted by atomic mass is 10.2. The monoisotopic (exact) mass is 286 g/mol. The third-order valence-corrected chi connectivity index (χ3v) is 2.17. The van der Waals surface area contributed by atoms with Gasteiger partial charge in [0.15, 0.2) is 5.17 Å². The molecule has 0 aromatic carbocycles. The predicted molar refractivity (Wildman–Crippen MR) is 58.3 cm³/mol. The van der Waals surface area contributed by atoms with Crippen LogP contribution in [-0.4, -0.2) is 16.8 Å². The summed E-state index contributed by atoms with van der Waals surface area (Å²) in [6.07, 6.45) is -3.87. The highest BCUT2D eigenvalue weighted by Crippen LogP contribution is 2.31. The number of hydrogen-bond donors (Lipinski definition) is 0. The van der Waals surface area contributed by atoms with Gasteiger partial charge in [-0.15, -0.1) is 0 Å². The average molecular weight is 287 g/mol. The maximum absolute atomic E-state index is 12.3. The highest BCUT2D eigenvalue weighted by molar-refractivity contribution is 6.70. The summed E-state index contributed by atoms with van der Waals surface area (Å²) < 4.78 is 37.0. The van der Waals surface area contributed by atoms with Crippen LogP contribution in [0.15, 0.2) is 17.4 Å². The number of rotatable bonds is 3. The van der Waals surface area contributed by atoms with Gasteiger partial charge in [0, 0.05) is 6.20 Å². The molecule has 94 valence electrons. The number of alkyl halides is 3. The topological polar surface area (TPSA) is 34.5 Å². The second-order valence-electron chi connectivity index (χ2n) is 2.85. The Morgan fingerprint density at radius 3 is 2.65 bits per heavy atom. The normalized spacial score (nSPS) is 12.7. The van der Waals surface area contributed by atoms with E-state index in [2.05, 4.69) is 15.0 Å². The molecule has 1 rings (SSSR count). The van der Waals surface area contributed by atoms with Gasteiger partial charge < -0.3 is 4.84 Å². The molecule has 1 aromatic heterocycles. The van der Waals surface area contributed by atoms with Crippen molar-refractivity contribution in [1.82, 2.24) is 4.98 Å². The zero-order chi connectivity index (χ0) is 13.1. The van der Waals surface area contributed by atoms with Crippen molar-refractivity contribution < 1.29 is 18.0 Å². The Morgan fingerprint density at radius 2 is 2.18 bits per heavy atom. The summed E-state index contributed by atoms with van der Waals surface area (Å²) >= 11 is 11.3. The van der Waals surface area contributed by atoms with E-state index in [1.807, 2.05) is 0 Å². The highest BCUT2D eigenvalue weighted by Gasteiger charge is 2.31. The molecule has 0 aliphatic rings. The van der Waals surface area contributed by atoms with Gasteiger partial charge in [-0.2, -0.15) is 13.2 Å². The molecule has 0 aliphatic carbocycles. The van der Waals surface area contributed by atoms with Crippen LogP contribution in [0.4, 0.5) is 13.2 Å². The first-order valence-electron chi connectivity index (χ1n) is 4.44. The van der Waals surface area contributed by atoms with E-state index in [9.17, 15) is 13.2 Å². The van der Waals surface area contributed by atoms with Crippen LogP contribution in [0.2, 0.25) is 5.02 Å². The SMILES string of the molecule is CCO/N=C(\Cl)c1ncc(C(F)(F)F)cc1Cl. The van der Waals surface area contributed by atoms with Crippen LogP contribution in [0.25, 0.3) is 0 Å². The summed E-state index contributed by atoms with van der Waals surface area (Å²) in [5, 5.41) is 2.97. The van der Waals surface area contributed by atoms with Crippen molar-refractivity contribution in [3.05, 3.63) is 28.5 Å². The van der Waals surface area contributed by atoms with Gasteiger partial charge in [-0.05, 0) is 13.0 Å². The maximum Gasteiger partial charge on any atom is 0.417 e. The molecule has 0 spiro atoms. The van der Waals surface area contributed by atoms with Crippen molar-refractivity contribution >= 4 is 28.4 Å². The molecule has 0 atom stereocenters. The van der Waals surface area contributed by atoms with E-state index in [0.717, 1.165) is 6.07 Å². The molecule has 0 amide bonds. The van der Waals surface area contributed by atoms with Gasteiger partial charge in [-0.3, -0.25) is 4.98 Å². The van der Waals surface area contributed by atoms with Gasteiger partial charge in [0.05, 0.1) is 10.6 Å². The van der Waals surface area contributed by atoms with Crippen molar-refractivity contribution in [2.75, 3.05) is 6.61 Å². The van der Waals surface area contributed by atoms with Gasteiger partial charge in [-0.25, -0.2) is 0 Å². The molecule has 1 heterocycles. The van der Waals surface area contributed by atoms with E-state index in [-0.39, 0.29) is 22.5 Å². The number of hydrogen-bond acceptors (Lipinski definition) is 3. The summed E-state index contributed by atoms with van der Waals surface area (Å²) in [4.78, 5) is 8.14. The van der Waals surface area contributed by atoms with E-state index in [1.165, 1.54) is 0 Å². The van der Waals surface area contributed by atoms with E-state index in [4.69, 9.17) is 23.2 Å². The second-order valence-corrected chi connectivity index (χ2v) is 3.62. The Balaban J connectivity index is 3.06. The van der Waals surface area contributed by atoms with Crippen LogP contribution < -0.4 is 0 Å². The van der Waals surface area contributed by atoms with Gasteiger partial charge in [0.25, 0.3) is 0 Å². The summed E-state index contributed by atoms with van der Waals surface area (Å²) in [7, 11) is 0. The summed E-state index contributed by atoms with van der Waals surface area (Å²) in [6.45, 7) is 1.95. The van der Waals surface area contributed by atoms with Gasteiger partial charge in [0.1, 0.15) is 12.3 Å². The first kappa shape index (κ1) is 14.1. The van der Waals surface area contributed by atoms with Crippen LogP contribution in [0.5, 0.6) is 0 Å². The van der Waals surface area contributed by atoms with Crippen LogP contribution in [0, 0.1) is 0 Å². The minimum atomic E-state index is -4.50. The Labute approximate surface area is 105 Å². The largest absolute Gasteiger partial charge is 0.417 e. The molecule has 0 saturated carbocycles. The minimum absolute atomic E-state index is 0.0604. The summed E-state index contributed by atoms with van der Waals surface area (Å²) in [5.74, 6) is 0. The highest BCUT2D eigenvalue weighted by atomic mass is 35.5.